The van der Waals surface area contributed by atoms with Crippen LogP contribution >= 0.6 is 15.9 Å². The first-order chi connectivity index (χ1) is 5.75. The largest absolute Gasteiger partial charge is 0.394 e. The second-order valence-corrected chi connectivity index (χ2v) is 2.12. The highest BCUT2D eigenvalue weighted by Crippen LogP contribution is 2.02. The fraction of sp³-hybridized carbons (Fsp3) is 0.400. The maximum atomic E-state index is 8.89. The van der Waals surface area contributed by atoms with E-state index in [1.165, 1.54) is 12.3 Å². The summed E-state index contributed by atoms with van der Waals surface area (Å²) in [5.41, 5.74) is 0. The van der Waals surface area contributed by atoms with E-state index in [9.17, 15) is 0 Å². The highest BCUT2D eigenvalue weighted by Gasteiger charge is 1.90. The Labute approximate surface area is 67.1 Å². The zero-order valence-electron chi connectivity index (χ0n) is 8.37. The molecule has 0 aromatic carbocycles. The van der Waals surface area contributed by atoms with Crippen molar-refractivity contribution in [2.24, 2.45) is 0 Å². The Morgan fingerprint density at radius 3 is 3.22 bits per heavy atom. The lowest BCUT2D eigenvalue weighted by atomic mass is 10.7. The van der Waals surface area contributed by atoms with Crippen molar-refractivity contribution in [3.8, 4) is 0 Å². The van der Waals surface area contributed by atoms with E-state index in [-0.39, 0.29) is 0 Å². The number of rotatable bonds is 2. The molecule has 4 heteroatoms. The van der Waals surface area contributed by atoms with Gasteiger partial charge in [-0.1, -0.05) is 0 Å². The molecule has 0 aliphatic rings. The van der Waals surface area contributed by atoms with E-state index >= 15 is 0 Å². The Morgan fingerprint density at radius 1 is 2.00 bits per heavy atom. The number of aromatic nitrogens is 2. The predicted molar refractivity (Wildman–Crippen MR) is 37.0 cm³/mol. The Kier molecular flexibility index (Phi) is 1.05. The van der Waals surface area contributed by atoms with Crippen molar-refractivity contribution in [2.45, 2.75) is 6.50 Å². The third-order valence-electron chi connectivity index (χ3n) is 0.721. The fourth-order valence-corrected chi connectivity index (χ4v) is 0.704. The fourth-order valence-electron chi connectivity index (χ4n) is 0.415. The van der Waals surface area contributed by atoms with Crippen molar-refractivity contribution in [3.05, 3.63) is 16.9 Å². The number of aryl methyl sites for hydroxylation is 1. The molecular formula is C5H7BrN2O. The van der Waals surface area contributed by atoms with Crippen LogP contribution in [0.1, 0.15) is 5.48 Å². The predicted octanol–water partition coefficient (Wildman–Crippen LogP) is 0.638. The van der Waals surface area contributed by atoms with Gasteiger partial charge in [0.2, 0.25) is 0 Å². The molecule has 9 heavy (non-hydrogen) atoms. The zero-order valence-corrected chi connectivity index (χ0v) is 5.96. The Hall–Kier alpha value is -0.350. The molecule has 1 N–H and O–H groups in total. The van der Waals surface area contributed by atoms with Gasteiger partial charge >= 0.3 is 0 Å². The second-order valence-electron chi connectivity index (χ2n) is 1.31. The van der Waals surface area contributed by atoms with E-state index < -0.39 is 13.1 Å². The Morgan fingerprint density at radius 2 is 2.78 bits per heavy atom. The summed E-state index contributed by atoms with van der Waals surface area (Å²) in [6, 6.07) is 1.45. The lowest BCUT2D eigenvalue weighted by Gasteiger charge is -1.92. The van der Waals surface area contributed by atoms with Crippen molar-refractivity contribution in [2.75, 3.05) is 6.56 Å². The number of hydrogen-bond acceptors (Lipinski definition) is 2. The molecule has 0 amide bonds. The highest BCUT2D eigenvalue weighted by atomic mass is 79.9. The summed E-state index contributed by atoms with van der Waals surface area (Å²) in [6.45, 7) is -5.56. The lowest BCUT2D eigenvalue weighted by Crippen LogP contribution is -2.01. The number of aliphatic hydroxyl groups is 1. The first kappa shape index (κ1) is 3.16. The third-order valence-corrected chi connectivity index (χ3v) is 1.14. The van der Waals surface area contributed by atoms with E-state index in [2.05, 4.69) is 21.0 Å². The molecule has 0 aliphatic heterocycles. The first-order valence-corrected chi connectivity index (χ1v) is 2.98. The molecule has 0 bridgehead atoms. The van der Waals surface area contributed by atoms with Crippen LogP contribution in [-0.2, 0) is 6.50 Å². The van der Waals surface area contributed by atoms with Crippen LogP contribution in [0, 0.1) is 0 Å². The van der Waals surface area contributed by atoms with Crippen molar-refractivity contribution in [1.29, 1.82) is 0 Å². The minimum absolute atomic E-state index is 0.376. The monoisotopic (exact) mass is 194 g/mol. The van der Waals surface area contributed by atoms with Crippen molar-refractivity contribution < 1.29 is 10.6 Å². The molecule has 0 saturated heterocycles. The molecule has 1 aromatic rings. The molecule has 50 valence electrons. The van der Waals surface area contributed by atoms with Crippen LogP contribution in [-0.4, -0.2) is 21.4 Å². The lowest BCUT2D eigenvalue weighted by molar-refractivity contribution is 0.269. The van der Waals surface area contributed by atoms with Crippen LogP contribution in [0.3, 0.4) is 0 Å². The molecular weight excluding hydrogens is 184 g/mol. The molecule has 0 saturated carbocycles. The molecule has 0 spiro atoms. The van der Waals surface area contributed by atoms with Crippen molar-refractivity contribution in [3.63, 3.8) is 0 Å². The van der Waals surface area contributed by atoms with E-state index in [1.54, 1.807) is 0 Å². The summed E-state index contributed by atoms with van der Waals surface area (Å²) < 4.78 is 29.3. The number of hydrogen-bond donors (Lipinski definition) is 1. The summed E-state index contributed by atoms with van der Waals surface area (Å²) >= 11 is 2.99. The SMILES string of the molecule is [2H]C([2H])(O)C([2H])([2H])n1ccc(Br)n1. The molecule has 0 atom stereocenters. The number of halogens is 1. The average Bonchev–Trinajstić information content (AvgIpc) is 2.33. The van der Waals surface area contributed by atoms with Gasteiger partial charge in [-0.15, -0.1) is 0 Å². The molecule has 1 rings (SSSR count). The van der Waals surface area contributed by atoms with Crippen molar-refractivity contribution >= 4 is 15.9 Å². The minimum Gasteiger partial charge on any atom is -0.394 e. The van der Waals surface area contributed by atoms with Crippen LogP contribution in [0.2, 0.25) is 0 Å². The highest BCUT2D eigenvalue weighted by molar-refractivity contribution is 9.10. The summed E-state index contributed by atoms with van der Waals surface area (Å²) in [7, 11) is 0. The van der Waals surface area contributed by atoms with Crippen molar-refractivity contribution in [1.82, 2.24) is 9.78 Å². The molecule has 0 fully saturated rings. The molecule has 0 unspecified atom stereocenters. The molecule has 0 aliphatic carbocycles. The van der Waals surface area contributed by atoms with Gasteiger partial charge in [-0.05, 0) is 22.0 Å². The summed E-state index contributed by atoms with van der Waals surface area (Å²) in [5.74, 6) is 0. The summed E-state index contributed by atoms with van der Waals surface area (Å²) in [6.07, 6.45) is 1.23. The van der Waals surface area contributed by atoms with Crippen LogP contribution in [0.4, 0.5) is 0 Å². The van der Waals surface area contributed by atoms with Crippen LogP contribution in [0.5, 0.6) is 0 Å². The smallest absolute Gasteiger partial charge is 0.128 e. The third kappa shape index (κ3) is 1.80. The summed E-state index contributed by atoms with van der Waals surface area (Å²) in [5, 5.41) is 12.5. The second kappa shape index (κ2) is 2.98. The minimum atomic E-state index is -2.97. The Bertz CT molecular complexity index is 308. The number of nitrogens with zero attached hydrogens (tertiary/aromatic N) is 2. The van der Waals surface area contributed by atoms with Gasteiger partial charge in [-0.25, -0.2) is 0 Å². The van der Waals surface area contributed by atoms with Crippen LogP contribution < -0.4 is 0 Å². The maximum absolute atomic E-state index is 8.89. The van der Waals surface area contributed by atoms with Gasteiger partial charge in [0.25, 0.3) is 0 Å². The van der Waals surface area contributed by atoms with Gasteiger partial charge in [0.1, 0.15) is 4.60 Å². The Balaban J connectivity index is 3.07. The van der Waals surface area contributed by atoms with Gasteiger partial charge < -0.3 is 5.11 Å². The maximum Gasteiger partial charge on any atom is 0.128 e. The van der Waals surface area contributed by atoms with Gasteiger partial charge in [0, 0.05) is 6.20 Å². The van der Waals surface area contributed by atoms with Crippen LogP contribution in [0.25, 0.3) is 0 Å². The molecule has 0 radical (unpaired) electrons. The van der Waals surface area contributed by atoms with Gasteiger partial charge in [-0.2, -0.15) is 5.10 Å². The van der Waals surface area contributed by atoms with E-state index in [1.807, 2.05) is 0 Å². The molecule has 1 heterocycles. The molecule has 3 nitrogen and oxygen atoms in total. The topological polar surface area (TPSA) is 38.0 Å². The van der Waals surface area contributed by atoms with E-state index in [4.69, 9.17) is 10.6 Å². The normalized spacial score (nSPS) is 19.8. The van der Waals surface area contributed by atoms with Gasteiger partial charge in [-0.3, -0.25) is 4.68 Å². The molecule has 1 aromatic heterocycles. The standard InChI is InChI=1S/C5H7BrN2O/c6-5-1-2-8(7-5)3-4-9/h1-2,9H,3-4H2/i3D2,4D2. The quantitative estimate of drug-likeness (QED) is 0.751. The summed E-state index contributed by atoms with van der Waals surface area (Å²) in [4.78, 5) is 0. The van der Waals surface area contributed by atoms with E-state index in [0.717, 1.165) is 4.68 Å². The first-order valence-electron chi connectivity index (χ1n) is 4.19. The average molecular weight is 195 g/mol. The van der Waals surface area contributed by atoms with Gasteiger partial charge in [0.15, 0.2) is 0 Å². The van der Waals surface area contributed by atoms with Gasteiger partial charge in [0.05, 0.1) is 18.5 Å². The zero-order chi connectivity index (χ0) is 10.3. The van der Waals surface area contributed by atoms with Crippen LogP contribution in [0.15, 0.2) is 16.9 Å². The van der Waals surface area contributed by atoms with E-state index in [0.29, 0.717) is 4.60 Å².